The average Bonchev–Trinajstić information content (AvgIpc) is 2.79. The van der Waals surface area contributed by atoms with Crippen molar-refractivity contribution in [2.45, 2.75) is 32.4 Å². The zero-order chi connectivity index (χ0) is 14.5. The molecule has 0 spiro atoms. The summed E-state index contributed by atoms with van der Waals surface area (Å²) in [6.07, 6.45) is -0.220. The molecule has 0 saturated carbocycles. The van der Waals surface area contributed by atoms with Crippen LogP contribution in [0.25, 0.3) is 0 Å². The minimum absolute atomic E-state index is 0.0600. The van der Waals surface area contributed by atoms with Gasteiger partial charge in [0.25, 0.3) is 0 Å². The van der Waals surface area contributed by atoms with E-state index in [-0.39, 0.29) is 24.1 Å². The highest BCUT2D eigenvalue weighted by Crippen LogP contribution is 2.13. The van der Waals surface area contributed by atoms with Crippen LogP contribution in [-0.2, 0) is 16.0 Å². The Hall–Kier alpha value is -2.04. The van der Waals surface area contributed by atoms with Gasteiger partial charge in [-0.1, -0.05) is 30.3 Å². The molecule has 1 aromatic rings. The smallest absolute Gasteiger partial charge is 0.410 e. The molecule has 1 saturated heterocycles. The minimum Gasteiger partial charge on any atom is -0.442 e. The lowest BCUT2D eigenvalue weighted by atomic mass is 10.1. The van der Waals surface area contributed by atoms with Crippen molar-refractivity contribution in [3.05, 3.63) is 35.9 Å². The molecule has 2 amide bonds. The molecule has 1 N–H and O–H groups in total. The van der Waals surface area contributed by atoms with Gasteiger partial charge in [0.2, 0.25) is 5.91 Å². The van der Waals surface area contributed by atoms with Gasteiger partial charge in [-0.2, -0.15) is 0 Å². The van der Waals surface area contributed by atoms with E-state index < -0.39 is 0 Å². The fourth-order valence-corrected chi connectivity index (χ4v) is 2.14. The van der Waals surface area contributed by atoms with E-state index in [0.29, 0.717) is 19.5 Å². The molecule has 1 heterocycles. The first-order chi connectivity index (χ1) is 9.56. The van der Waals surface area contributed by atoms with E-state index in [1.54, 1.807) is 4.90 Å². The van der Waals surface area contributed by atoms with Crippen LogP contribution in [0.15, 0.2) is 30.3 Å². The molecule has 0 bridgehead atoms. The summed E-state index contributed by atoms with van der Waals surface area (Å²) in [6, 6.07) is 9.67. The van der Waals surface area contributed by atoms with Gasteiger partial charge in [-0.25, -0.2) is 4.79 Å². The van der Waals surface area contributed by atoms with Gasteiger partial charge < -0.3 is 15.0 Å². The largest absolute Gasteiger partial charge is 0.442 e. The number of hydrogen-bond acceptors (Lipinski definition) is 3. The van der Waals surface area contributed by atoms with Crippen molar-refractivity contribution in [3.63, 3.8) is 0 Å². The highest BCUT2D eigenvalue weighted by atomic mass is 16.6. The minimum atomic E-state index is -0.303. The van der Waals surface area contributed by atoms with E-state index in [4.69, 9.17) is 4.74 Å². The summed E-state index contributed by atoms with van der Waals surface area (Å²) >= 11 is 0. The van der Waals surface area contributed by atoms with Gasteiger partial charge in [-0.15, -0.1) is 0 Å². The van der Waals surface area contributed by atoms with Crippen molar-refractivity contribution in [1.29, 1.82) is 0 Å². The van der Waals surface area contributed by atoms with Crippen LogP contribution in [0.1, 0.15) is 19.4 Å². The van der Waals surface area contributed by atoms with Crippen LogP contribution in [0.4, 0.5) is 4.79 Å². The molecule has 108 valence electrons. The molecule has 0 aliphatic carbocycles. The summed E-state index contributed by atoms with van der Waals surface area (Å²) in [5, 5.41) is 2.81. The highest BCUT2D eigenvalue weighted by Gasteiger charge is 2.32. The third kappa shape index (κ3) is 3.73. The fourth-order valence-electron chi connectivity index (χ4n) is 2.14. The number of carbonyl (C=O) groups is 2. The Labute approximate surface area is 118 Å². The second-order valence-electron chi connectivity index (χ2n) is 5.22. The lowest BCUT2D eigenvalue weighted by molar-refractivity contribution is -0.120. The van der Waals surface area contributed by atoms with E-state index in [9.17, 15) is 9.59 Å². The second kappa shape index (κ2) is 6.41. The number of cyclic esters (lactones) is 1. The van der Waals surface area contributed by atoms with E-state index in [1.807, 2.05) is 44.2 Å². The van der Waals surface area contributed by atoms with Crippen molar-refractivity contribution in [2.75, 3.05) is 13.1 Å². The third-order valence-electron chi connectivity index (χ3n) is 3.26. The Kier molecular flexibility index (Phi) is 4.61. The Morgan fingerprint density at radius 1 is 1.40 bits per heavy atom. The van der Waals surface area contributed by atoms with E-state index in [2.05, 4.69) is 5.32 Å². The zero-order valence-electron chi connectivity index (χ0n) is 11.8. The maximum absolute atomic E-state index is 11.8. The monoisotopic (exact) mass is 276 g/mol. The van der Waals surface area contributed by atoms with Gasteiger partial charge in [0, 0.05) is 6.04 Å². The van der Waals surface area contributed by atoms with Crippen LogP contribution in [0.3, 0.4) is 0 Å². The van der Waals surface area contributed by atoms with Gasteiger partial charge in [0.05, 0.1) is 19.5 Å². The zero-order valence-corrected chi connectivity index (χ0v) is 11.8. The molecular formula is C15H20N2O3. The van der Waals surface area contributed by atoms with Crippen molar-refractivity contribution >= 4 is 12.0 Å². The highest BCUT2D eigenvalue weighted by molar-refractivity contribution is 5.78. The summed E-state index contributed by atoms with van der Waals surface area (Å²) in [5.74, 6) is -0.0600. The van der Waals surface area contributed by atoms with Crippen LogP contribution in [0.5, 0.6) is 0 Å². The summed E-state index contributed by atoms with van der Waals surface area (Å²) in [6.45, 7) is 4.78. The molecule has 1 aliphatic rings. The van der Waals surface area contributed by atoms with Crippen LogP contribution in [-0.4, -0.2) is 42.1 Å². The normalized spacial score (nSPS) is 18.2. The fraction of sp³-hybridized carbons (Fsp3) is 0.467. The molecule has 1 aliphatic heterocycles. The van der Waals surface area contributed by atoms with Crippen LogP contribution >= 0.6 is 0 Å². The number of nitrogens with zero attached hydrogens (tertiary/aromatic N) is 1. The first-order valence-electron chi connectivity index (χ1n) is 6.84. The first-order valence-corrected chi connectivity index (χ1v) is 6.84. The number of benzene rings is 1. The predicted octanol–water partition coefficient (Wildman–Crippen LogP) is 1.57. The number of nitrogens with one attached hydrogen (secondary N) is 1. The van der Waals surface area contributed by atoms with Crippen LogP contribution in [0.2, 0.25) is 0 Å². The first kappa shape index (κ1) is 14.4. The number of carbonyl (C=O) groups excluding carboxylic acids is 2. The summed E-state index contributed by atoms with van der Waals surface area (Å²) in [4.78, 5) is 25.0. The summed E-state index contributed by atoms with van der Waals surface area (Å²) < 4.78 is 5.21. The molecule has 20 heavy (non-hydrogen) atoms. The molecule has 1 aromatic carbocycles. The standard InChI is InChI=1S/C15H20N2O3/c1-11(2)17-10-13(20-15(17)19)9-16-14(18)8-12-6-4-3-5-7-12/h3-7,11,13H,8-10H2,1-2H3,(H,16,18). The Morgan fingerprint density at radius 3 is 2.70 bits per heavy atom. The predicted molar refractivity (Wildman–Crippen MR) is 75.3 cm³/mol. The Balaban J connectivity index is 1.76. The van der Waals surface area contributed by atoms with Gasteiger partial charge in [0.1, 0.15) is 6.10 Å². The number of rotatable bonds is 5. The topological polar surface area (TPSA) is 58.6 Å². The SMILES string of the molecule is CC(C)N1CC(CNC(=O)Cc2ccccc2)OC1=O. The van der Waals surface area contributed by atoms with Crippen LogP contribution < -0.4 is 5.32 Å². The quantitative estimate of drug-likeness (QED) is 0.888. The molecule has 0 radical (unpaired) electrons. The van der Waals surface area contributed by atoms with Gasteiger partial charge >= 0.3 is 6.09 Å². The molecule has 2 rings (SSSR count). The molecule has 1 unspecified atom stereocenters. The third-order valence-corrected chi connectivity index (χ3v) is 3.26. The van der Waals surface area contributed by atoms with Gasteiger partial charge in [-0.05, 0) is 19.4 Å². The average molecular weight is 276 g/mol. The van der Waals surface area contributed by atoms with E-state index in [1.165, 1.54) is 0 Å². The second-order valence-corrected chi connectivity index (χ2v) is 5.22. The van der Waals surface area contributed by atoms with E-state index >= 15 is 0 Å². The van der Waals surface area contributed by atoms with Crippen molar-refractivity contribution in [2.24, 2.45) is 0 Å². The molecule has 5 nitrogen and oxygen atoms in total. The van der Waals surface area contributed by atoms with Gasteiger partial charge in [0.15, 0.2) is 0 Å². The lowest BCUT2D eigenvalue weighted by Gasteiger charge is -2.16. The molecule has 0 aromatic heterocycles. The van der Waals surface area contributed by atoms with Gasteiger partial charge in [-0.3, -0.25) is 4.79 Å². The molecule has 1 atom stereocenters. The molecular weight excluding hydrogens is 256 g/mol. The maximum Gasteiger partial charge on any atom is 0.410 e. The number of hydrogen-bond donors (Lipinski definition) is 1. The van der Waals surface area contributed by atoms with Crippen molar-refractivity contribution < 1.29 is 14.3 Å². The van der Waals surface area contributed by atoms with E-state index in [0.717, 1.165) is 5.56 Å². The summed E-state index contributed by atoms with van der Waals surface area (Å²) in [5.41, 5.74) is 0.970. The maximum atomic E-state index is 11.8. The molecule has 1 fully saturated rings. The van der Waals surface area contributed by atoms with Crippen molar-refractivity contribution in [1.82, 2.24) is 10.2 Å². The van der Waals surface area contributed by atoms with Crippen LogP contribution in [0, 0.1) is 0 Å². The lowest BCUT2D eigenvalue weighted by Crippen LogP contribution is -2.36. The number of ether oxygens (including phenoxy) is 1. The number of amides is 2. The Bertz CT molecular complexity index is 473. The molecule has 5 heteroatoms. The van der Waals surface area contributed by atoms with Crippen molar-refractivity contribution in [3.8, 4) is 0 Å². The summed E-state index contributed by atoms with van der Waals surface area (Å²) in [7, 11) is 0. The Morgan fingerprint density at radius 2 is 2.10 bits per heavy atom.